The fourth-order valence-electron chi connectivity index (χ4n) is 3.23. The zero-order chi connectivity index (χ0) is 20.0. The Morgan fingerprint density at radius 2 is 1.61 bits per heavy atom. The average Bonchev–Trinajstić information content (AvgIpc) is 2.74. The van der Waals surface area contributed by atoms with Gasteiger partial charge in [0.25, 0.3) is 10.0 Å². The Labute approximate surface area is 165 Å². The molecule has 0 spiro atoms. The zero-order valence-electron chi connectivity index (χ0n) is 15.8. The minimum absolute atomic E-state index is 0.154. The van der Waals surface area contributed by atoms with E-state index in [9.17, 15) is 13.2 Å². The van der Waals surface area contributed by atoms with Crippen LogP contribution in [0.2, 0.25) is 0 Å². The van der Waals surface area contributed by atoms with Gasteiger partial charge >= 0.3 is 5.97 Å². The lowest BCUT2D eigenvalue weighted by Crippen LogP contribution is -2.41. The lowest BCUT2D eigenvalue weighted by Gasteiger charge is -2.33. The third kappa shape index (κ3) is 4.78. The number of hydrogen-bond acceptors (Lipinski definition) is 4. The molecule has 0 amide bonds. The van der Waals surface area contributed by atoms with E-state index in [0.29, 0.717) is 38.4 Å². The van der Waals surface area contributed by atoms with Crippen molar-refractivity contribution in [3.8, 4) is 0 Å². The number of hydrogen-bond donors (Lipinski definition) is 0. The van der Waals surface area contributed by atoms with Crippen LogP contribution in [0.5, 0.6) is 0 Å². The summed E-state index contributed by atoms with van der Waals surface area (Å²) in [6, 6.07) is 17.5. The van der Waals surface area contributed by atoms with E-state index in [1.807, 2.05) is 35.2 Å². The van der Waals surface area contributed by atoms with Crippen LogP contribution in [0.1, 0.15) is 25.3 Å². The van der Waals surface area contributed by atoms with Crippen molar-refractivity contribution in [2.45, 2.75) is 24.7 Å². The zero-order valence-corrected chi connectivity index (χ0v) is 16.6. The van der Waals surface area contributed by atoms with Gasteiger partial charge in [-0.1, -0.05) is 48.5 Å². The Bertz CT molecular complexity index is 919. The predicted molar refractivity (Wildman–Crippen MR) is 108 cm³/mol. The maximum Gasteiger partial charge on any atom is 0.309 e. The first kappa shape index (κ1) is 20.1. The highest BCUT2D eigenvalue weighted by Gasteiger charge is 2.29. The number of rotatable bonds is 5. The molecule has 2 aromatic rings. The van der Waals surface area contributed by atoms with Crippen molar-refractivity contribution in [2.24, 2.45) is 10.3 Å². The van der Waals surface area contributed by atoms with Gasteiger partial charge in [0, 0.05) is 18.7 Å². The fourth-order valence-corrected chi connectivity index (χ4v) is 4.28. The summed E-state index contributed by atoms with van der Waals surface area (Å²) in [4.78, 5) is 14.1. The van der Waals surface area contributed by atoms with E-state index in [4.69, 9.17) is 4.74 Å². The molecule has 3 rings (SSSR count). The summed E-state index contributed by atoms with van der Waals surface area (Å²) >= 11 is 0. The molecule has 1 saturated heterocycles. The number of esters is 1. The van der Waals surface area contributed by atoms with Crippen LogP contribution in [0.4, 0.5) is 0 Å². The molecule has 0 saturated carbocycles. The van der Waals surface area contributed by atoms with Gasteiger partial charge in [0.05, 0.1) is 17.4 Å². The lowest BCUT2D eigenvalue weighted by molar-refractivity contribution is -0.149. The second kappa shape index (κ2) is 9.01. The van der Waals surface area contributed by atoms with E-state index in [-0.39, 0.29) is 16.8 Å². The second-order valence-corrected chi connectivity index (χ2v) is 8.19. The van der Waals surface area contributed by atoms with Crippen LogP contribution in [-0.2, 0) is 19.6 Å². The van der Waals surface area contributed by atoms with Crippen molar-refractivity contribution >= 4 is 21.8 Å². The maximum atomic E-state index is 12.8. The molecular formula is C21H24N2O4S. The molecule has 1 fully saturated rings. The second-order valence-electron chi connectivity index (χ2n) is 6.58. The number of ether oxygens (including phenoxy) is 1. The normalized spacial score (nSPS) is 16.0. The molecule has 0 aliphatic carbocycles. The minimum Gasteiger partial charge on any atom is -0.466 e. The molecule has 28 heavy (non-hydrogen) atoms. The first-order valence-corrected chi connectivity index (χ1v) is 10.8. The number of likely N-dealkylation sites (tertiary alicyclic amines) is 1. The van der Waals surface area contributed by atoms with Gasteiger partial charge in [-0.2, -0.15) is 8.42 Å². The van der Waals surface area contributed by atoms with Gasteiger partial charge in [-0.05, 0) is 31.9 Å². The van der Waals surface area contributed by atoms with Gasteiger partial charge in [0.15, 0.2) is 0 Å². The van der Waals surface area contributed by atoms with E-state index in [1.54, 1.807) is 25.1 Å². The molecule has 1 aliphatic heterocycles. The van der Waals surface area contributed by atoms with Crippen molar-refractivity contribution in [3.05, 3.63) is 66.2 Å². The summed E-state index contributed by atoms with van der Waals surface area (Å²) in [6.45, 7) is 3.25. The third-order valence-electron chi connectivity index (χ3n) is 4.69. The molecule has 0 aromatic heterocycles. The first-order valence-electron chi connectivity index (χ1n) is 9.38. The molecule has 0 bridgehead atoms. The predicted octanol–water partition coefficient (Wildman–Crippen LogP) is 3.10. The highest BCUT2D eigenvalue weighted by molar-refractivity contribution is 7.90. The third-order valence-corrected chi connectivity index (χ3v) is 5.98. The molecule has 1 heterocycles. The molecule has 148 valence electrons. The van der Waals surface area contributed by atoms with Crippen LogP contribution in [-0.4, -0.2) is 44.8 Å². The van der Waals surface area contributed by atoms with Crippen LogP contribution in [0.15, 0.2) is 70.0 Å². The van der Waals surface area contributed by atoms with Crippen molar-refractivity contribution in [2.75, 3.05) is 19.7 Å². The summed E-state index contributed by atoms with van der Waals surface area (Å²) in [5, 5.41) is 0. The number of carbonyl (C=O) groups excluding carboxylic acids is 1. The maximum absolute atomic E-state index is 12.8. The molecule has 0 unspecified atom stereocenters. The van der Waals surface area contributed by atoms with Crippen molar-refractivity contribution < 1.29 is 17.9 Å². The Morgan fingerprint density at radius 1 is 1.04 bits per heavy atom. The van der Waals surface area contributed by atoms with E-state index in [2.05, 4.69) is 4.40 Å². The fraction of sp³-hybridized carbons (Fsp3) is 0.333. The molecule has 6 nitrogen and oxygen atoms in total. The molecule has 2 aromatic carbocycles. The van der Waals surface area contributed by atoms with E-state index >= 15 is 0 Å². The topological polar surface area (TPSA) is 76.0 Å². The average molecular weight is 401 g/mol. The SMILES string of the molecule is CCOC(=O)C1CCN(/C(=N\S(=O)(=O)c2ccccc2)c2ccccc2)CC1. The molecular weight excluding hydrogens is 376 g/mol. The number of sulfonamides is 1. The summed E-state index contributed by atoms with van der Waals surface area (Å²) < 4.78 is 35.0. The summed E-state index contributed by atoms with van der Waals surface area (Å²) in [5.41, 5.74) is 0.733. The Kier molecular flexibility index (Phi) is 6.46. The van der Waals surface area contributed by atoms with Gasteiger partial charge in [0.2, 0.25) is 0 Å². The summed E-state index contributed by atoms with van der Waals surface area (Å²) in [6.07, 6.45) is 1.21. The number of piperidine rings is 1. The van der Waals surface area contributed by atoms with Crippen LogP contribution < -0.4 is 0 Å². The molecule has 0 atom stereocenters. The quantitative estimate of drug-likeness (QED) is 0.438. The van der Waals surface area contributed by atoms with Crippen molar-refractivity contribution in [1.29, 1.82) is 0 Å². The molecule has 0 radical (unpaired) electrons. The smallest absolute Gasteiger partial charge is 0.309 e. The molecule has 1 aliphatic rings. The van der Waals surface area contributed by atoms with Crippen LogP contribution in [0, 0.1) is 5.92 Å². The van der Waals surface area contributed by atoms with Crippen LogP contribution >= 0.6 is 0 Å². The summed E-state index contributed by atoms with van der Waals surface area (Å²) in [5.74, 6) is 0.0722. The number of carbonyl (C=O) groups is 1. The van der Waals surface area contributed by atoms with Crippen molar-refractivity contribution in [1.82, 2.24) is 4.90 Å². The Hall–Kier alpha value is -2.67. The van der Waals surface area contributed by atoms with Crippen LogP contribution in [0.3, 0.4) is 0 Å². The number of benzene rings is 2. The van der Waals surface area contributed by atoms with Gasteiger partial charge in [-0.3, -0.25) is 4.79 Å². The van der Waals surface area contributed by atoms with Gasteiger partial charge in [-0.25, -0.2) is 0 Å². The van der Waals surface area contributed by atoms with Crippen molar-refractivity contribution in [3.63, 3.8) is 0 Å². The lowest BCUT2D eigenvalue weighted by atomic mass is 9.96. The van der Waals surface area contributed by atoms with Crippen LogP contribution in [0.25, 0.3) is 0 Å². The standard InChI is InChI=1S/C21H24N2O4S/c1-2-27-21(24)18-13-15-23(16-14-18)20(17-9-5-3-6-10-17)22-28(25,26)19-11-7-4-8-12-19/h3-12,18H,2,13-16H2,1H3/b22-20-. The molecule has 7 heteroatoms. The van der Waals surface area contributed by atoms with E-state index in [0.717, 1.165) is 5.56 Å². The number of amidine groups is 1. The summed E-state index contributed by atoms with van der Waals surface area (Å²) in [7, 11) is -3.84. The Morgan fingerprint density at radius 3 is 2.18 bits per heavy atom. The highest BCUT2D eigenvalue weighted by atomic mass is 32.2. The van der Waals surface area contributed by atoms with Gasteiger partial charge in [0.1, 0.15) is 5.84 Å². The minimum atomic E-state index is -3.84. The van der Waals surface area contributed by atoms with E-state index < -0.39 is 10.0 Å². The number of nitrogens with zero attached hydrogens (tertiary/aromatic N) is 2. The first-order chi connectivity index (χ1) is 13.5. The van der Waals surface area contributed by atoms with E-state index in [1.165, 1.54) is 12.1 Å². The van der Waals surface area contributed by atoms with Gasteiger partial charge < -0.3 is 9.64 Å². The Balaban J connectivity index is 1.89. The molecule has 0 N–H and O–H groups in total. The van der Waals surface area contributed by atoms with Gasteiger partial charge in [-0.15, -0.1) is 4.40 Å². The highest BCUT2D eigenvalue weighted by Crippen LogP contribution is 2.22. The largest absolute Gasteiger partial charge is 0.466 e. The monoisotopic (exact) mass is 400 g/mol.